The molecule has 0 fully saturated rings. The first-order valence-electron chi connectivity index (χ1n) is 6.99. The molecule has 2 rings (SSSR count). The normalized spacial score (nSPS) is 11.6. The zero-order chi connectivity index (χ0) is 15.5. The van der Waals surface area contributed by atoms with Gasteiger partial charge in [0.1, 0.15) is 0 Å². The highest BCUT2D eigenvalue weighted by Gasteiger charge is 2.14. The molecule has 0 aliphatic carbocycles. The van der Waals surface area contributed by atoms with Gasteiger partial charge >= 0.3 is 0 Å². The minimum absolute atomic E-state index is 0.0250. The molecule has 0 saturated heterocycles. The number of hydrogen-bond acceptors (Lipinski definition) is 2. The molecule has 4 heteroatoms. The average Bonchev–Trinajstić information content (AvgIpc) is 2.40. The molecular formula is C17H20O3S. The molecule has 1 N–H and O–H groups in total. The smallest absolute Gasteiger partial charge is 0.282 e. The van der Waals surface area contributed by atoms with Crippen molar-refractivity contribution in [1.82, 2.24) is 0 Å². The lowest BCUT2D eigenvalue weighted by Gasteiger charge is -2.08. The predicted molar refractivity (Wildman–Crippen MR) is 84.2 cm³/mol. The Hall–Kier alpha value is -1.65. The minimum atomic E-state index is -4.15. The molecule has 2 aromatic rings. The molecule has 0 aliphatic heterocycles. The lowest BCUT2D eigenvalue weighted by molar-refractivity contribution is 0.482. The summed E-state index contributed by atoms with van der Waals surface area (Å²) in [4.78, 5) is 0.0250. The first-order chi connectivity index (χ1) is 9.86. The Morgan fingerprint density at radius 1 is 0.905 bits per heavy atom. The van der Waals surface area contributed by atoms with Crippen LogP contribution >= 0.6 is 0 Å². The molecule has 0 heterocycles. The van der Waals surface area contributed by atoms with Crippen molar-refractivity contribution in [3.63, 3.8) is 0 Å². The predicted octanol–water partition coefficient (Wildman–Crippen LogP) is 3.73. The van der Waals surface area contributed by atoms with Gasteiger partial charge in [0.05, 0.1) is 4.90 Å². The monoisotopic (exact) mass is 304 g/mol. The maximum atomic E-state index is 11.4. The lowest BCUT2D eigenvalue weighted by atomic mass is 10.0. The van der Waals surface area contributed by atoms with Crippen molar-refractivity contribution in [2.45, 2.75) is 38.0 Å². The number of hydrogen-bond donors (Lipinski definition) is 1. The highest BCUT2D eigenvalue weighted by molar-refractivity contribution is 7.85. The zero-order valence-corrected chi connectivity index (χ0v) is 13.2. The van der Waals surface area contributed by atoms with E-state index in [-0.39, 0.29) is 4.90 Å². The van der Waals surface area contributed by atoms with Gasteiger partial charge in [-0.3, -0.25) is 4.55 Å². The van der Waals surface area contributed by atoms with Crippen LogP contribution in [0.3, 0.4) is 0 Å². The van der Waals surface area contributed by atoms with Crippen LogP contribution in [-0.2, 0) is 23.0 Å². The molecule has 0 aliphatic rings. The summed E-state index contributed by atoms with van der Waals surface area (Å²) in [6.45, 7) is 3.96. The van der Waals surface area contributed by atoms with E-state index in [1.54, 1.807) is 6.07 Å². The van der Waals surface area contributed by atoms with Crippen LogP contribution in [0.1, 0.15) is 28.7 Å². The van der Waals surface area contributed by atoms with Crippen molar-refractivity contribution in [3.05, 3.63) is 64.7 Å². The highest BCUT2D eigenvalue weighted by Crippen LogP contribution is 2.19. The maximum Gasteiger partial charge on any atom is 0.294 e. The van der Waals surface area contributed by atoms with E-state index in [1.807, 2.05) is 13.0 Å². The molecule has 0 amide bonds. The van der Waals surface area contributed by atoms with Crippen molar-refractivity contribution in [2.75, 3.05) is 0 Å². The second kappa shape index (κ2) is 6.41. The van der Waals surface area contributed by atoms with E-state index in [2.05, 4.69) is 31.2 Å². The molecule has 0 saturated carbocycles. The Morgan fingerprint density at radius 2 is 1.52 bits per heavy atom. The number of benzene rings is 2. The largest absolute Gasteiger partial charge is 0.294 e. The third kappa shape index (κ3) is 4.41. The Kier molecular flexibility index (Phi) is 4.80. The Balaban J connectivity index is 2.09. The molecule has 21 heavy (non-hydrogen) atoms. The van der Waals surface area contributed by atoms with Gasteiger partial charge in [0.15, 0.2) is 0 Å². The van der Waals surface area contributed by atoms with Crippen molar-refractivity contribution in [2.24, 2.45) is 0 Å². The number of aryl methyl sites for hydroxylation is 4. The second-order valence-electron chi connectivity index (χ2n) is 5.43. The fraction of sp³-hybridized carbons (Fsp3) is 0.294. The van der Waals surface area contributed by atoms with Crippen LogP contribution in [0.5, 0.6) is 0 Å². The third-order valence-corrected chi connectivity index (χ3v) is 4.48. The van der Waals surface area contributed by atoms with Gasteiger partial charge < -0.3 is 0 Å². The van der Waals surface area contributed by atoms with E-state index in [9.17, 15) is 13.0 Å². The van der Waals surface area contributed by atoms with E-state index in [0.717, 1.165) is 18.4 Å². The second-order valence-corrected chi connectivity index (χ2v) is 6.82. The zero-order valence-electron chi connectivity index (χ0n) is 12.3. The Bertz CT molecular complexity index is 716. The molecule has 0 atom stereocenters. The first kappa shape index (κ1) is 15.7. The molecule has 0 bridgehead atoms. The van der Waals surface area contributed by atoms with Gasteiger partial charge in [-0.05, 0) is 50.3 Å². The summed E-state index contributed by atoms with van der Waals surface area (Å²) >= 11 is 0. The molecule has 0 radical (unpaired) electrons. The average molecular weight is 304 g/mol. The Labute approximate surface area is 126 Å². The van der Waals surface area contributed by atoms with Crippen LogP contribution in [0, 0.1) is 13.8 Å². The van der Waals surface area contributed by atoms with E-state index < -0.39 is 10.1 Å². The van der Waals surface area contributed by atoms with Crippen molar-refractivity contribution < 1.29 is 13.0 Å². The topological polar surface area (TPSA) is 54.4 Å². The number of rotatable bonds is 5. The quantitative estimate of drug-likeness (QED) is 0.856. The summed E-state index contributed by atoms with van der Waals surface area (Å²) in [5.41, 5.74) is 4.14. The summed E-state index contributed by atoms with van der Waals surface area (Å²) in [7, 11) is -4.15. The molecule has 0 spiro atoms. The van der Waals surface area contributed by atoms with Crippen molar-refractivity contribution in [1.29, 1.82) is 0 Å². The van der Waals surface area contributed by atoms with E-state index in [0.29, 0.717) is 12.0 Å². The van der Waals surface area contributed by atoms with Crippen LogP contribution in [0.15, 0.2) is 47.4 Å². The molecule has 0 aromatic heterocycles. The Morgan fingerprint density at radius 3 is 2.14 bits per heavy atom. The van der Waals surface area contributed by atoms with Gasteiger partial charge in [-0.1, -0.05) is 47.5 Å². The molecular weight excluding hydrogens is 284 g/mol. The molecule has 3 nitrogen and oxygen atoms in total. The van der Waals surface area contributed by atoms with Gasteiger partial charge in [0, 0.05) is 0 Å². The summed E-state index contributed by atoms with van der Waals surface area (Å²) in [6.07, 6.45) is 2.36. The SMILES string of the molecule is Cc1ccc(CCCc2cc(C)ccc2S(=O)(=O)O)cc1. The van der Waals surface area contributed by atoms with Gasteiger partial charge in [-0.15, -0.1) is 0 Å². The molecule has 2 aromatic carbocycles. The van der Waals surface area contributed by atoms with Crippen molar-refractivity contribution >= 4 is 10.1 Å². The van der Waals surface area contributed by atoms with Gasteiger partial charge in [0.25, 0.3) is 10.1 Å². The lowest BCUT2D eigenvalue weighted by Crippen LogP contribution is -2.04. The summed E-state index contributed by atoms with van der Waals surface area (Å²) in [6, 6.07) is 13.3. The van der Waals surface area contributed by atoms with Gasteiger partial charge in [-0.2, -0.15) is 8.42 Å². The van der Waals surface area contributed by atoms with Crippen LogP contribution in [-0.4, -0.2) is 13.0 Å². The van der Waals surface area contributed by atoms with Crippen LogP contribution in [0.4, 0.5) is 0 Å². The first-order valence-corrected chi connectivity index (χ1v) is 8.43. The summed E-state index contributed by atoms with van der Waals surface area (Å²) in [5, 5.41) is 0. The highest BCUT2D eigenvalue weighted by atomic mass is 32.2. The van der Waals surface area contributed by atoms with Crippen LogP contribution in [0.25, 0.3) is 0 Å². The minimum Gasteiger partial charge on any atom is -0.282 e. The van der Waals surface area contributed by atoms with Gasteiger partial charge in [-0.25, -0.2) is 0 Å². The molecule has 0 unspecified atom stereocenters. The summed E-state index contributed by atoms with van der Waals surface area (Å²) in [5.74, 6) is 0. The maximum absolute atomic E-state index is 11.4. The standard InChI is InChI=1S/C17H20O3S/c1-13-6-9-15(10-7-13)4-3-5-16-12-14(2)8-11-17(16)21(18,19)20/h6-12H,3-5H2,1-2H3,(H,18,19,20). The van der Waals surface area contributed by atoms with Crippen LogP contribution < -0.4 is 0 Å². The van der Waals surface area contributed by atoms with Crippen LogP contribution in [0.2, 0.25) is 0 Å². The van der Waals surface area contributed by atoms with E-state index in [4.69, 9.17) is 0 Å². The fourth-order valence-electron chi connectivity index (χ4n) is 2.39. The summed E-state index contributed by atoms with van der Waals surface area (Å²) < 4.78 is 32.1. The van der Waals surface area contributed by atoms with E-state index in [1.165, 1.54) is 17.2 Å². The van der Waals surface area contributed by atoms with Gasteiger partial charge in [0.2, 0.25) is 0 Å². The van der Waals surface area contributed by atoms with E-state index >= 15 is 0 Å². The van der Waals surface area contributed by atoms with Crippen molar-refractivity contribution in [3.8, 4) is 0 Å². The molecule has 112 valence electrons. The third-order valence-electron chi connectivity index (χ3n) is 3.53. The fourth-order valence-corrected chi connectivity index (χ4v) is 3.13.